The van der Waals surface area contributed by atoms with E-state index in [-0.39, 0.29) is 5.91 Å². The van der Waals surface area contributed by atoms with Crippen molar-refractivity contribution in [2.24, 2.45) is 0 Å². The lowest BCUT2D eigenvalue weighted by atomic mass is 10.1. The summed E-state index contributed by atoms with van der Waals surface area (Å²) in [5.41, 5.74) is 4.69. The minimum Gasteiger partial charge on any atom is -0.481 e. The highest BCUT2D eigenvalue weighted by atomic mass is 16.5. The first-order chi connectivity index (χ1) is 13.6. The van der Waals surface area contributed by atoms with E-state index in [0.29, 0.717) is 5.75 Å². The highest BCUT2D eigenvalue weighted by Crippen LogP contribution is 2.22. The molecule has 1 unspecified atom stereocenters. The molecule has 5 nitrogen and oxygen atoms in total. The SMILES string of the molecule is Cc1cccn2cc(-c3ccc(NC(=O)C(C)Oc4ccccc4)cc3)nc12. The number of amides is 1. The van der Waals surface area contributed by atoms with E-state index in [9.17, 15) is 4.79 Å². The van der Waals surface area contributed by atoms with Crippen LogP contribution in [0.2, 0.25) is 0 Å². The van der Waals surface area contributed by atoms with Crippen LogP contribution in [-0.2, 0) is 4.79 Å². The maximum absolute atomic E-state index is 12.4. The van der Waals surface area contributed by atoms with Gasteiger partial charge in [-0.15, -0.1) is 0 Å². The molecule has 28 heavy (non-hydrogen) atoms. The molecule has 4 aromatic rings. The minimum absolute atomic E-state index is 0.194. The molecule has 0 aliphatic carbocycles. The molecule has 0 saturated heterocycles. The Morgan fingerprint density at radius 2 is 1.79 bits per heavy atom. The topological polar surface area (TPSA) is 55.6 Å². The van der Waals surface area contributed by atoms with Crippen molar-refractivity contribution in [2.45, 2.75) is 20.0 Å². The number of aryl methyl sites for hydroxylation is 1. The van der Waals surface area contributed by atoms with E-state index in [1.807, 2.05) is 90.4 Å². The highest BCUT2D eigenvalue weighted by Gasteiger charge is 2.15. The van der Waals surface area contributed by atoms with Gasteiger partial charge in [0.05, 0.1) is 5.69 Å². The second kappa shape index (κ2) is 7.56. The third-order valence-corrected chi connectivity index (χ3v) is 4.55. The number of para-hydroxylation sites is 1. The lowest BCUT2D eigenvalue weighted by Gasteiger charge is -2.14. The van der Waals surface area contributed by atoms with Crippen molar-refractivity contribution in [3.63, 3.8) is 0 Å². The highest BCUT2D eigenvalue weighted by molar-refractivity contribution is 5.94. The van der Waals surface area contributed by atoms with E-state index < -0.39 is 6.10 Å². The van der Waals surface area contributed by atoms with Crippen molar-refractivity contribution < 1.29 is 9.53 Å². The molecule has 1 atom stereocenters. The number of imidazole rings is 1. The predicted molar refractivity (Wildman–Crippen MR) is 111 cm³/mol. The summed E-state index contributed by atoms with van der Waals surface area (Å²) in [7, 11) is 0. The van der Waals surface area contributed by atoms with Crippen molar-refractivity contribution in [2.75, 3.05) is 5.32 Å². The van der Waals surface area contributed by atoms with E-state index in [2.05, 4.69) is 5.32 Å². The Labute approximate surface area is 163 Å². The Morgan fingerprint density at radius 3 is 2.50 bits per heavy atom. The summed E-state index contributed by atoms with van der Waals surface area (Å²) in [4.78, 5) is 17.1. The zero-order valence-electron chi connectivity index (χ0n) is 15.8. The van der Waals surface area contributed by atoms with Crippen LogP contribution in [0.4, 0.5) is 5.69 Å². The van der Waals surface area contributed by atoms with Crippen LogP contribution in [0.15, 0.2) is 79.1 Å². The summed E-state index contributed by atoms with van der Waals surface area (Å²) in [5.74, 6) is 0.475. The van der Waals surface area contributed by atoms with Crippen molar-refractivity contribution in [3.8, 4) is 17.0 Å². The molecule has 2 aromatic carbocycles. The van der Waals surface area contributed by atoms with Gasteiger partial charge in [-0.05, 0) is 49.7 Å². The molecule has 0 bridgehead atoms. The number of rotatable bonds is 5. The Balaban J connectivity index is 1.45. The van der Waals surface area contributed by atoms with Crippen molar-refractivity contribution >= 4 is 17.2 Å². The molecule has 4 rings (SSSR count). The van der Waals surface area contributed by atoms with Gasteiger partial charge < -0.3 is 14.5 Å². The number of aromatic nitrogens is 2. The van der Waals surface area contributed by atoms with E-state index in [0.717, 1.165) is 28.2 Å². The zero-order chi connectivity index (χ0) is 19.5. The number of hydrogen-bond acceptors (Lipinski definition) is 3. The zero-order valence-corrected chi connectivity index (χ0v) is 15.8. The van der Waals surface area contributed by atoms with Gasteiger partial charge in [0.1, 0.15) is 11.4 Å². The maximum Gasteiger partial charge on any atom is 0.265 e. The second-order valence-corrected chi connectivity index (χ2v) is 6.69. The Bertz CT molecular complexity index is 1100. The number of fused-ring (bicyclic) bond motifs is 1. The molecule has 0 fully saturated rings. The number of carbonyl (C=O) groups is 1. The molecule has 0 spiro atoms. The molecule has 0 radical (unpaired) electrons. The van der Waals surface area contributed by atoms with Crippen molar-refractivity contribution in [1.82, 2.24) is 9.38 Å². The first kappa shape index (κ1) is 17.8. The number of carbonyl (C=O) groups excluding carboxylic acids is 1. The molecule has 2 aromatic heterocycles. The van der Waals surface area contributed by atoms with E-state index in [1.54, 1.807) is 6.92 Å². The third kappa shape index (κ3) is 3.74. The fourth-order valence-electron chi connectivity index (χ4n) is 3.02. The van der Waals surface area contributed by atoms with E-state index in [1.165, 1.54) is 0 Å². The second-order valence-electron chi connectivity index (χ2n) is 6.69. The number of anilines is 1. The van der Waals surface area contributed by atoms with E-state index >= 15 is 0 Å². The van der Waals surface area contributed by atoms with Crippen LogP contribution in [0.3, 0.4) is 0 Å². The number of benzene rings is 2. The number of ether oxygens (including phenoxy) is 1. The van der Waals surface area contributed by atoms with Gasteiger partial charge in [0.25, 0.3) is 5.91 Å². The van der Waals surface area contributed by atoms with Crippen LogP contribution in [0.1, 0.15) is 12.5 Å². The lowest BCUT2D eigenvalue weighted by molar-refractivity contribution is -0.122. The molecule has 0 saturated carbocycles. The lowest BCUT2D eigenvalue weighted by Crippen LogP contribution is -2.30. The van der Waals surface area contributed by atoms with Crippen LogP contribution < -0.4 is 10.1 Å². The molecule has 5 heteroatoms. The fraction of sp³-hybridized carbons (Fsp3) is 0.130. The van der Waals surface area contributed by atoms with Gasteiger partial charge in [0, 0.05) is 23.6 Å². The predicted octanol–water partition coefficient (Wildman–Crippen LogP) is 4.72. The van der Waals surface area contributed by atoms with Crippen molar-refractivity contribution in [3.05, 3.63) is 84.7 Å². The van der Waals surface area contributed by atoms with Gasteiger partial charge >= 0.3 is 0 Å². The number of nitrogens with one attached hydrogen (secondary N) is 1. The van der Waals surface area contributed by atoms with Gasteiger partial charge in [-0.1, -0.05) is 36.4 Å². The average molecular weight is 371 g/mol. The Kier molecular flexibility index (Phi) is 4.81. The van der Waals surface area contributed by atoms with Gasteiger partial charge in [0.2, 0.25) is 0 Å². The molecule has 140 valence electrons. The van der Waals surface area contributed by atoms with Crippen LogP contribution in [-0.4, -0.2) is 21.4 Å². The average Bonchev–Trinajstić information content (AvgIpc) is 3.15. The molecule has 2 heterocycles. The molecule has 1 N–H and O–H groups in total. The number of hydrogen-bond donors (Lipinski definition) is 1. The standard InChI is InChI=1S/C23H21N3O2/c1-16-7-6-14-26-15-21(25-22(16)26)18-10-12-19(13-11-18)24-23(27)17(2)28-20-8-4-3-5-9-20/h3-15,17H,1-2H3,(H,24,27). The number of pyridine rings is 1. The quantitative estimate of drug-likeness (QED) is 0.552. The van der Waals surface area contributed by atoms with Crippen LogP contribution in [0, 0.1) is 6.92 Å². The monoisotopic (exact) mass is 371 g/mol. The summed E-state index contributed by atoms with van der Waals surface area (Å²) in [5, 5.41) is 2.89. The fourth-order valence-corrected chi connectivity index (χ4v) is 3.02. The Morgan fingerprint density at radius 1 is 1.04 bits per heavy atom. The largest absolute Gasteiger partial charge is 0.481 e. The smallest absolute Gasteiger partial charge is 0.265 e. The molecule has 1 amide bonds. The van der Waals surface area contributed by atoms with Crippen LogP contribution in [0.5, 0.6) is 5.75 Å². The molecule has 0 aliphatic rings. The maximum atomic E-state index is 12.4. The third-order valence-electron chi connectivity index (χ3n) is 4.55. The van der Waals surface area contributed by atoms with Crippen molar-refractivity contribution in [1.29, 1.82) is 0 Å². The van der Waals surface area contributed by atoms with Gasteiger partial charge in [-0.25, -0.2) is 4.98 Å². The summed E-state index contributed by atoms with van der Waals surface area (Å²) in [6, 6.07) is 21.0. The first-order valence-corrected chi connectivity index (χ1v) is 9.17. The normalized spacial score (nSPS) is 11.9. The summed E-state index contributed by atoms with van der Waals surface area (Å²) < 4.78 is 7.68. The van der Waals surface area contributed by atoms with E-state index in [4.69, 9.17) is 9.72 Å². The number of nitrogens with zero attached hydrogens (tertiary/aromatic N) is 2. The molecular weight excluding hydrogens is 350 g/mol. The van der Waals surface area contributed by atoms with Crippen LogP contribution >= 0.6 is 0 Å². The minimum atomic E-state index is -0.594. The van der Waals surface area contributed by atoms with Crippen LogP contribution in [0.25, 0.3) is 16.9 Å². The summed E-state index contributed by atoms with van der Waals surface area (Å²) >= 11 is 0. The summed E-state index contributed by atoms with van der Waals surface area (Å²) in [6.07, 6.45) is 3.40. The van der Waals surface area contributed by atoms with Gasteiger partial charge in [0.15, 0.2) is 6.10 Å². The molecular formula is C23H21N3O2. The van der Waals surface area contributed by atoms with Gasteiger partial charge in [-0.2, -0.15) is 0 Å². The molecule has 0 aliphatic heterocycles. The Hall–Kier alpha value is -3.60. The summed E-state index contributed by atoms with van der Waals surface area (Å²) in [6.45, 7) is 3.78. The van der Waals surface area contributed by atoms with Gasteiger partial charge in [-0.3, -0.25) is 4.79 Å². The first-order valence-electron chi connectivity index (χ1n) is 9.17.